The molecule has 0 aromatic heterocycles. The Morgan fingerprint density at radius 2 is 2.22 bits per heavy atom. The van der Waals surface area contributed by atoms with Crippen molar-refractivity contribution in [2.24, 2.45) is 11.7 Å². The standard InChI is InChI=1S/C15H22ClNO/c1-3-4-5-10(2)14(17)13-9-12(16)8-11-6-7-18-15(11)13/h8-10,14H,3-7,17H2,1-2H3. The van der Waals surface area contributed by atoms with Gasteiger partial charge >= 0.3 is 0 Å². The summed E-state index contributed by atoms with van der Waals surface area (Å²) in [6.45, 7) is 5.17. The second-order valence-electron chi connectivity index (χ2n) is 5.23. The molecular weight excluding hydrogens is 246 g/mol. The van der Waals surface area contributed by atoms with Gasteiger partial charge in [-0.05, 0) is 30.0 Å². The maximum atomic E-state index is 6.38. The number of halogens is 1. The number of rotatable bonds is 5. The highest BCUT2D eigenvalue weighted by Gasteiger charge is 2.24. The van der Waals surface area contributed by atoms with E-state index in [9.17, 15) is 0 Å². The van der Waals surface area contributed by atoms with Crippen molar-refractivity contribution in [3.8, 4) is 5.75 Å². The van der Waals surface area contributed by atoms with Crippen LogP contribution in [0.15, 0.2) is 12.1 Å². The molecule has 2 rings (SSSR count). The molecule has 0 spiro atoms. The lowest BCUT2D eigenvalue weighted by Gasteiger charge is -2.22. The van der Waals surface area contributed by atoms with Gasteiger partial charge in [0.2, 0.25) is 0 Å². The van der Waals surface area contributed by atoms with E-state index >= 15 is 0 Å². The molecule has 2 nitrogen and oxygen atoms in total. The van der Waals surface area contributed by atoms with Gasteiger partial charge in [-0.3, -0.25) is 0 Å². The Kier molecular flexibility index (Phi) is 4.52. The molecule has 0 saturated heterocycles. The molecule has 1 aliphatic heterocycles. The Balaban J connectivity index is 2.22. The molecule has 1 aromatic rings. The van der Waals surface area contributed by atoms with Gasteiger partial charge in [-0.15, -0.1) is 0 Å². The minimum atomic E-state index is 0.0158. The van der Waals surface area contributed by atoms with Gasteiger partial charge in [0.25, 0.3) is 0 Å². The molecule has 0 amide bonds. The van der Waals surface area contributed by atoms with Gasteiger partial charge in [0, 0.05) is 23.0 Å². The number of hydrogen-bond donors (Lipinski definition) is 1. The summed E-state index contributed by atoms with van der Waals surface area (Å²) in [5.74, 6) is 1.44. The summed E-state index contributed by atoms with van der Waals surface area (Å²) >= 11 is 6.17. The third-order valence-electron chi connectivity index (χ3n) is 3.76. The van der Waals surface area contributed by atoms with Gasteiger partial charge in [-0.2, -0.15) is 0 Å². The van der Waals surface area contributed by atoms with Crippen LogP contribution < -0.4 is 10.5 Å². The van der Waals surface area contributed by atoms with Crippen molar-refractivity contribution < 1.29 is 4.74 Å². The van der Waals surface area contributed by atoms with E-state index in [0.29, 0.717) is 5.92 Å². The van der Waals surface area contributed by atoms with Gasteiger partial charge in [-0.1, -0.05) is 38.3 Å². The quantitative estimate of drug-likeness (QED) is 0.872. The second kappa shape index (κ2) is 5.94. The predicted octanol–water partition coefficient (Wildman–Crippen LogP) is 4.10. The van der Waals surface area contributed by atoms with Crippen LogP contribution in [0.25, 0.3) is 0 Å². The van der Waals surface area contributed by atoms with Gasteiger partial charge < -0.3 is 10.5 Å². The van der Waals surface area contributed by atoms with Crippen molar-refractivity contribution in [3.63, 3.8) is 0 Å². The fourth-order valence-corrected chi connectivity index (χ4v) is 2.81. The summed E-state index contributed by atoms with van der Waals surface area (Å²) < 4.78 is 5.72. The van der Waals surface area contributed by atoms with Crippen molar-refractivity contribution in [1.82, 2.24) is 0 Å². The highest BCUT2D eigenvalue weighted by atomic mass is 35.5. The summed E-state index contributed by atoms with van der Waals surface area (Å²) in [6.07, 6.45) is 4.53. The highest BCUT2D eigenvalue weighted by Crippen LogP contribution is 2.38. The number of benzene rings is 1. The van der Waals surface area contributed by atoms with Crippen LogP contribution in [0.5, 0.6) is 5.75 Å². The van der Waals surface area contributed by atoms with Gasteiger partial charge in [0.15, 0.2) is 0 Å². The molecule has 2 N–H and O–H groups in total. The smallest absolute Gasteiger partial charge is 0.127 e. The SMILES string of the molecule is CCCCC(C)C(N)c1cc(Cl)cc2c1OCC2. The second-order valence-corrected chi connectivity index (χ2v) is 5.66. The minimum Gasteiger partial charge on any atom is -0.493 e. The van der Waals surface area contributed by atoms with Crippen molar-refractivity contribution in [1.29, 1.82) is 0 Å². The van der Waals surface area contributed by atoms with E-state index in [4.69, 9.17) is 22.1 Å². The number of fused-ring (bicyclic) bond motifs is 1. The van der Waals surface area contributed by atoms with Crippen LogP contribution >= 0.6 is 11.6 Å². The number of unbranched alkanes of at least 4 members (excludes halogenated alkanes) is 1. The summed E-state index contributed by atoms with van der Waals surface area (Å²) in [7, 11) is 0. The normalized spacial score (nSPS) is 17.1. The Bertz CT molecular complexity index is 419. The lowest BCUT2D eigenvalue weighted by molar-refractivity contribution is 0.342. The van der Waals surface area contributed by atoms with Gasteiger partial charge in [-0.25, -0.2) is 0 Å². The molecular formula is C15H22ClNO. The third kappa shape index (κ3) is 2.81. The first-order valence-corrected chi connectivity index (χ1v) is 7.22. The van der Waals surface area contributed by atoms with Crippen LogP contribution in [-0.4, -0.2) is 6.61 Å². The number of hydrogen-bond acceptors (Lipinski definition) is 2. The van der Waals surface area contributed by atoms with Gasteiger partial charge in [0.1, 0.15) is 5.75 Å². The molecule has 0 fully saturated rings. The summed E-state index contributed by atoms with van der Waals surface area (Å²) in [5.41, 5.74) is 8.67. The lowest BCUT2D eigenvalue weighted by atomic mass is 9.89. The zero-order valence-electron chi connectivity index (χ0n) is 11.2. The van der Waals surface area contributed by atoms with E-state index in [1.165, 1.54) is 18.4 Å². The first-order chi connectivity index (χ1) is 8.63. The molecule has 1 aliphatic rings. The Morgan fingerprint density at radius 1 is 1.44 bits per heavy atom. The van der Waals surface area contributed by atoms with Crippen LogP contribution in [0.1, 0.15) is 50.3 Å². The van der Waals surface area contributed by atoms with E-state index in [1.54, 1.807) is 0 Å². The molecule has 1 aromatic carbocycles. The number of nitrogens with two attached hydrogens (primary N) is 1. The lowest BCUT2D eigenvalue weighted by Crippen LogP contribution is -2.20. The fraction of sp³-hybridized carbons (Fsp3) is 0.600. The third-order valence-corrected chi connectivity index (χ3v) is 3.98. The average molecular weight is 268 g/mol. The minimum absolute atomic E-state index is 0.0158. The molecule has 2 atom stereocenters. The van der Waals surface area contributed by atoms with Crippen LogP contribution in [0.3, 0.4) is 0 Å². The maximum absolute atomic E-state index is 6.38. The molecule has 0 radical (unpaired) electrons. The molecule has 3 heteroatoms. The highest BCUT2D eigenvalue weighted by molar-refractivity contribution is 6.30. The molecule has 1 heterocycles. The van der Waals surface area contributed by atoms with Crippen molar-refractivity contribution >= 4 is 11.6 Å². The molecule has 2 unspecified atom stereocenters. The predicted molar refractivity (Wildman–Crippen MR) is 76.3 cm³/mol. The maximum Gasteiger partial charge on any atom is 0.127 e. The molecule has 0 aliphatic carbocycles. The van der Waals surface area contributed by atoms with Crippen LogP contribution in [0.2, 0.25) is 5.02 Å². The molecule has 0 bridgehead atoms. The first kappa shape index (κ1) is 13.7. The Hall–Kier alpha value is -0.730. The first-order valence-electron chi connectivity index (χ1n) is 6.84. The topological polar surface area (TPSA) is 35.2 Å². The van der Waals surface area contributed by atoms with E-state index in [2.05, 4.69) is 13.8 Å². The number of ether oxygens (including phenoxy) is 1. The van der Waals surface area contributed by atoms with Crippen LogP contribution in [0.4, 0.5) is 0 Å². The zero-order chi connectivity index (χ0) is 13.1. The van der Waals surface area contributed by atoms with E-state index in [0.717, 1.165) is 35.8 Å². The average Bonchev–Trinajstić information content (AvgIpc) is 2.81. The summed E-state index contributed by atoms with van der Waals surface area (Å²) in [5, 5.41) is 0.771. The Labute approximate surface area is 114 Å². The largest absolute Gasteiger partial charge is 0.493 e. The molecule has 18 heavy (non-hydrogen) atoms. The van der Waals surface area contributed by atoms with Crippen molar-refractivity contribution in [2.75, 3.05) is 6.61 Å². The van der Waals surface area contributed by atoms with E-state index in [-0.39, 0.29) is 6.04 Å². The molecule has 100 valence electrons. The fourth-order valence-electron chi connectivity index (χ4n) is 2.56. The van der Waals surface area contributed by atoms with E-state index < -0.39 is 0 Å². The van der Waals surface area contributed by atoms with E-state index in [1.807, 2.05) is 12.1 Å². The van der Waals surface area contributed by atoms with Gasteiger partial charge in [0.05, 0.1) is 6.61 Å². The monoisotopic (exact) mass is 267 g/mol. The summed E-state index contributed by atoms with van der Waals surface area (Å²) in [4.78, 5) is 0. The Morgan fingerprint density at radius 3 is 2.94 bits per heavy atom. The molecule has 0 saturated carbocycles. The van der Waals surface area contributed by atoms with Crippen LogP contribution in [-0.2, 0) is 6.42 Å². The summed E-state index contributed by atoms with van der Waals surface area (Å²) in [6, 6.07) is 3.98. The van der Waals surface area contributed by atoms with Crippen molar-refractivity contribution in [2.45, 2.75) is 45.6 Å². The van der Waals surface area contributed by atoms with Crippen molar-refractivity contribution in [3.05, 3.63) is 28.3 Å². The van der Waals surface area contributed by atoms with Crippen LogP contribution in [0, 0.1) is 5.92 Å². The zero-order valence-corrected chi connectivity index (χ0v) is 12.0.